The molecule has 142 valence electrons. The largest absolute Gasteiger partial charge is 0.481 e. The number of aromatic nitrogens is 2. The number of anilines is 3. The van der Waals surface area contributed by atoms with Crippen LogP contribution in [0, 0.1) is 5.92 Å². The van der Waals surface area contributed by atoms with Crippen LogP contribution in [0.3, 0.4) is 0 Å². The lowest BCUT2D eigenvalue weighted by atomic mass is 10.1. The van der Waals surface area contributed by atoms with Gasteiger partial charge >= 0.3 is 5.97 Å². The van der Waals surface area contributed by atoms with Crippen LogP contribution in [0.5, 0.6) is 11.6 Å². The molecular weight excluding hydrogens is 356 g/mol. The van der Waals surface area contributed by atoms with Crippen molar-refractivity contribution < 1.29 is 14.6 Å². The molecule has 0 amide bonds. The average Bonchev–Trinajstić information content (AvgIpc) is 3.21. The number of carboxylic acid groups (broad SMARTS) is 1. The summed E-state index contributed by atoms with van der Waals surface area (Å²) in [6.45, 7) is 1.14. The molecule has 3 aromatic rings. The lowest BCUT2D eigenvalue weighted by molar-refractivity contribution is -0.140. The van der Waals surface area contributed by atoms with Crippen LogP contribution < -0.4 is 15.0 Å². The zero-order chi connectivity index (χ0) is 19.3. The van der Waals surface area contributed by atoms with Crippen molar-refractivity contribution in [1.29, 1.82) is 0 Å². The number of carbonyl (C=O) groups is 1. The van der Waals surface area contributed by atoms with Gasteiger partial charge in [0.15, 0.2) is 0 Å². The van der Waals surface area contributed by atoms with Crippen LogP contribution in [-0.4, -0.2) is 34.1 Å². The van der Waals surface area contributed by atoms with Crippen molar-refractivity contribution in [3.63, 3.8) is 0 Å². The Labute approximate surface area is 162 Å². The Bertz CT molecular complexity index is 947. The van der Waals surface area contributed by atoms with Gasteiger partial charge in [0.2, 0.25) is 5.88 Å². The molecule has 1 saturated heterocycles. The quantitative estimate of drug-likeness (QED) is 0.674. The molecular formula is C21H20N4O3. The van der Waals surface area contributed by atoms with Crippen LogP contribution in [0.15, 0.2) is 67.0 Å². The summed E-state index contributed by atoms with van der Waals surface area (Å²) in [6, 6.07) is 16.9. The van der Waals surface area contributed by atoms with Gasteiger partial charge in [-0.15, -0.1) is 0 Å². The Hall–Kier alpha value is -3.61. The van der Waals surface area contributed by atoms with E-state index >= 15 is 0 Å². The minimum Gasteiger partial charge on any atom is -0.481 e. The number of hydrogen-bond acceptors (Lipinski definition) is 6. The molecule has 3 heterocycles. The number of ether oxygens (including phenoxy) is 1. The summed E-state index contributed by atoms with van der Waals surface area (Å²) in [6.07, 6.45) is 4.02. The Morgan fingerprint density at radius 2 is 1.89 bits per heavy atom. The fraction of sp³-hybridized carbons (Fsp3) is 0.190. The molecule has 0 aliphatic carbocycles. The summed E-state index contributed by atoms with van der Waals surface area (Å²) in [5, 5.41) is 12.5. The monoisotopic (exact) mass is 376 g/mol. The summed E-state index contributed by atoms with van der Waals surface area (Å²) in [5.74, 6) is 0.777. The third-order valence-electron chi connectivity index (χ3n) is 4.64. The van der Waals surface area contributed by atoms with Crippen molar-refractivity contribution >= 4 is 23.2 Å². The van der Waals surface area contributed by atoms with E-state index in [0.29, 0.717) is 31.1 Å². The lowest BCUT2D eigenvalue weighted by Gasteiger charge is -2.20. The van der Waals surface area contributed by atoms with E-state index in [4.69, 9.17) is 4.74 Å². The van der Waals surface area contributed by atoms with Crippen LogP contribution in [0.1, 0.15) is 6.42 Å². The summed E-state index contributed by atoms with van der Waals surface area (Å²) >= 11 is 0. The molecule has 1 unspecified atom stereocenters. The third-order valence-corrected chi connectivity index (χ3v) is 4.64. The molecule has 28 heavy (non-hydrogen) atoms. The first kappa shape index (κ1) is 17.8. The Morgan fingerprint density at radius 1 is 1.07 bits per heavy atom. The number of rotatable bonds is 6. The number of carboxylic acids is 1. The third kappa shape index (κ3) is 4.03. The van der Waals surface area contributed by atoms with Gasteiger partial charge in [0.1, 0.15) is 17.3 Å². The highest BCUT2D eigenvalue weighted by molar-refractivity contribution is 5.72. The molecule has 1 aliphatic heterocycles. The highest BCUT2D eigenvalue weighted by atomic mass is 16.5. The standard InChI is InChI=1S/C21H20N4O3/c26-21(27)15-10-13-25(14-15)18-4-3-12-23-20(18)28-17-8-6-16(7-9-17)24-19-5-1-2-11-22-19/h1-9,11-12,15H,10,13-14H2,(H,22,24)(H,26,27). The van der Waals surface area contributed by atoms with Gasteiger partial charge in [0.05, 0.1) is 5.92 Å². The van der Waals surface area contributed by atoms with Gasteiger partial charge < -0.3 is 20.1 Å². The number of aliphatic carboxylic acids is 1. The molecule has 2 N–H and O–H groups in total. The molecule has 1 fully saturated rings. The predicted octanol–water partition coefficient (Wildman–Crippen LogP) is 3.92. The molecule has 7 nitrogen and oxygen atoms in total. The molecule has 1 aliphatic rings. The van der Waals surface area contributed by atoms with Gasteiger partial charge in [-0.2, -0.15) is 0 Å². The number of benzene rings is 1. The Morgan fingerprint density at radius 3 is 2.61 bits per heavy atom. The first-order valence-electron chi connectivity index (χ1n) is 9.08. The lowest BCUT2D eigenvalue weighted by Crippen LogP contribution is -2.23. The van der Waals surface area contributed by atoms with E-state index in [9.17, 15) is 9.90 Å². The van der Waals surface area contributed by atoms with Crippen molar-refractivity contribution in [2.75, 3.05) is 23.3 Å². The van der Waals surface area contributed by atoms with E-state index < -0.39 is 5.97 Å². The number of nitrogens with one attached hydrogen (secondary N) is 1. The zero-order valence-electron chi connectivity index (χ0n) is 15.2. The highest BCUT2D eigenvalue weighted by Crippen LogP contribution is 2.33. The predicted molar refractivity (Wildman–Crippen MR) is 106 cm³/mol. The van der Waals surface area contributed by atoms with Gasteiger partial charge in [-0.3, -0.25) is 4.79 Å². The minimum absolute atomic E-state index is 0.356. The van der Waals surface area contributed by atoms with E-state index in [0.717, 1.165) is 17.2 Å². The number of nitrogens with zero attached hydrogens (tertiary/aromatic N) is 3. The van der Waals surface area contributed by atoms with E-state index in [1.807, 2.05) is 59.5 Å². The topological polar surface area (TPSA) is 87.6 Å². The molecule has 4 rings (SSSR count). The average molecular weight is 376 g/mol. The van der Waals surface area contributed by atoms with Gasteiger partial charge in [-0.25, -0.2) is 9.97 Å². The second-order valence-corrected chi connectivity index (χ2v) is 6.56. The van der Waals surface area contributed by atoms with Gasteiger partial charge in [0, 0.05) is 31.2 Å². The van der Waals surface area contributed by atoms with Crippen molar-refractivity contribution in [2.45, 2.75) is 6.42 Å². The molecule has 1 aromatic carbocycles. The maximum Gasteiger partial charge on any atom is 0.308 e. The molecule has 0 bridgehead atoms. The van der Waals surface area contributed by atoms with Crippen LogP contribution in [-0.2, 0) is 4.79 Å². The van der Waals surface area contributed by atoms with Crippen LogP contribution in [0.2, 0.25) is 0 Å². The van der Waals surface area contributed by atoms with Gasteiger partial charge in [-0.1, -0.05) is 6.07 Å². The summed E-state index contributed by atoms with van der Waals surface area (Å²) in [7, 11) is 0. The number of pyridine rings is 2. The zero-order valence-corrected chi connectivity index (χ0v) is 15.2. The maximum absolute atomic E-state index is 11.2. The van der Waals surface area contributed by atoms with E-state index in [2.05, 4.69) is 15.3 Å². The Balaban J connectivity index is 1.47. The first-order valence-corrected chi connectivity index (χ1v) is 9.08. The second-order valence-electron chi connectivity index (χ2n) is 6.56. The van der Waals surface area contributed by atoms with Gasteiger partial charge in [0.25, 0.3) is 0 Å². The van der Waals surface area contributed by atoms with E-state index in [1.54, 1.807) is 12.4 Å². The van der Waals surface area contributed by atoms with Crippen LogP contribution in [0.4, 0.5) is 17.2 Å². The summed E-state index contributed by atoms with van der Waals surface area (Å²) in [4.78, 5) is 21.8. The van der Waals surface area contributed by atoms with E-state index in [1.165, 1.54) is 0 Å². The molecule has 7 heteroatoms. The summed E-state index contributed by atoms with van der Waals surface area (Å²) < 4.78 is 5.98. The molecule has 2 aromatic heterocycles. The molecule has 0 spiro atoms. The maximum atomic E-state index is 11.2. The number of hydrogen-bond donors (Lipinski definition) is 2. The van der Waals surface area contributed by atoms with Crippen molar-refractivity contribution in [1.82, 2.24) is 9.97 Å². The van der Waals surface area contributed by atoms with Crippen LogP contribution >= 0.6 is 0 Å². The fourth-order valence-electron chi connectivity index (χ4n) is 3.18. The van der Waals surface area contributed by atoms with Crippen LogP contribution in [0.25, 0.3) is 0 Å². The van der Waals surface area contributed by atoms with Crippen molar-refractivity contribution in [3.05, 3.63) is 67.0 Å². The van der Waals surface area contributed by atoms with Crippen molar-refractivity contribution in [2.24, 2.45) is 5.92 Å². The minimum atomic E-state index is -0.759. The molecule has 0 radical (unpaired) electrons. The molecule has 0 saturated carbocycles. The smallest absolute Gasteiger partial charge is 0.308 e. The van der Waals surface area contributed by atoms with Crippen molar-refractivity contribution in [3.8, 4) is 11.6 Å². The highest BCUT2D eigenvalue weighted by Gasteiger charge is 2.29. The summed E-state index contributed by atoms with van der Waals surface area (Å²) in [5.41, 5.74) is 1.71. The van der Waals surface area contributed by atoms with E-state index in [-0.39, 0.29) is 5.92 Å². The first-order chi connectivity index (χ1) is 13.7. The van der Waals surface area contributed by atoms with Gasteiger partial charge in [-0.05, 0) is 55.0 Å². The molecule has 1 atom stereocenters. The fourth-order valence-corrected chi connectivity index (χ4v) is 3.18. The SMILES string of the molecule is O=C(O)C1CCN(c2cccnc2Oc2ccc(Nc3ccccn3)cc2)C1. The Kier molecular flexibility index (Phi) is 5.05. The second kappa shape index (κ2) is 7.96. The normalized spacial score (nSPS) is 16.0.